The SMILES string of the molecule is CCCCC1N(CC2CCCCC2)C(=O)OC12CCN(C1CCN(C(=O)c3ccccc3)CC1)CC2. The van der Waals surface area contributed by atoms with Gasteiger partial charge in [0.2, 0.25) is 0 Å². The first-order chi connectivity index (χ1) is 17.6. The van der Waals surface area contributed by atoms with Crippen LogP contribution in [0.3, 0.4) is 0 Å². The third kappa shape index (κ3) is 5.44. The molecule has 3 saturated heterocycles. The van der Waals surface area contributed by atoms with Crippen LogP contribution in [0.25, 0.3) is 0 Å². The van der Waals surface area contributed by atoms with E-state index in [-0.39, 0.29) is 23.6 Å². The minimum Gasteiger partial charge on any atom is -0.440 e. The fourth-order valence-corrected chi connectivity index (χ4v) is 7.28. The molecule has 4 aliphatic rings. The van der Waals surface area contributed by atoms with E-state index in [9.17, 15) is 9.59 Å². The monoisotopic (exact) mass is 495 g/mol. The number of benzene rings is 1. The molecule has 1 atom stereocenters. The lowest BCUT2D eigenvalue weighted by atomic mass is 9.80. The topological polar surface area (TPSA) is 53.1 Å². The van der Waals surface area contributed by atoms with Gasteiger partial charge < -0.3 is 14.5 Å². The highest BCUT2D eigenvalue weighted by atomic mass is 16.6. The summed E-state index contributed by atoms with van der Waals surface area (Å²) in [6.07, 6.45) is 13.7. The number of likely N-dealkylation sites (tertiary alicyclic amines) is 2. The fourth-order valence-electron chi connectivity index (χ4n) is 7.28. The van der Waals surface area contributed by atoms with Gasteiger partial charge in [0.15, 0.2) is 0 Å². The molecule has 1 aliphatic carbocycles. The van der Waals surface area contributed by atoms with Gasteiger partial charge in [0.1, 0.15) is 5.60 Å². The number of rotatable bonds is 7. The summed E-state index contributed by atoms with van der Waals surface area (Å²) in [5, 5.41) is 0. The van der Waals surface area contributed by atoms with Crippen LogP contribution in [-0.4, -0.2) is 77.1 Å². The molecule has 0 radical (unpaired) electrons. The smallest absolute Gasteiger partial charge is 0.410 e. The Balaban J connectivity index is 1.17. The van der Waals surface area contributed by atoms with Crippen molar-refractivity contribution in [2.75, 3.05) is 32.7 Å². The Morgan fingerprint density at radius 1 is 0.972 bits per heavy atom. The number of carbonyl (C=O) groups excluding carboxylic acids is 2. The molecule has 36 heavy (non-hydrogen) atoms. The summed E-state index contributed by atoms with van der Waals surface area (Å²) in [4.78, 5) is 32.8. The molecule has 5 rings (SSSR count). The maximum absolute atomic E-state index is 13.1. The molecule has 6 heteroatoms. The van der Waals surface area contributed by atoms with Gasteiger partial charge in [-0.2, -0.15) is 0 Å². The molecule has 198 valence electrons. The Morgan fingerprint density at radius 2 is 1.67 bits per heavy atom. The number of amides is 2. The van der Waals surface area contributed by atoms with E-state index in [1.54, 1.807) is 0 Å². The molecule has 2 amide bonds. The molecular formula is C30H45N3O3. The van der Waals surface area contributed by atoms with Gasteiger partial charge in [-0.25, -0.2) is 4.79 Å². The van der Waals surface area contributed by atoms with Gasteiger partial charge in [0, 0.05) is 57.2 Å². The molecule has 0 aromatic heterocycles. The van der Waals surface area contributed by atoms with Gasteiger partial charge in [-0.05, 0) is 50.2 Å². The minimum absolute atomic E-state index is 0.0529. The van der Waals surface area contributed by atoms with Crippen LogP contribution in [-0.2, 0) is 4.74 Å². The number of ether oxygens (including phenoxy) is 1. The number of unbranched alkanes of at least 4 members (excludes halogenated alkanes) is 1. The van der Waals surface area contributed by atoms with E-state index in [0.717, 1.165) is 83.2 Å². The number of piperidine rings is 2. The predicted molar refractivity (Wildman–Crippen MR) is 142 cm³/mol. The van der Waals surface area contributed by atoms with Crippen molar-refractivity contribution in [3.05, 3.63) is 35.9 Å². The highest BCUT2D eigenvalue weighted by Gasteiger charge is 2.55. The quantitative estimate of drug-likeness (QED) is 0.486. The third-order valence-corrected chi connectivity index (χ3v) is 9.45. The third-order valence-electron chi connectivity index (χ3n) is 9.45. The molecule has 1 saturated carbocycles. The number of hydrogen-bond acceptors (Lipinski definition) is 4. The zero-order chi connectivity index (χ0) is 25.0. The Morgan fingerprint density at radius 3 is 2.33 bits per heavy atom. The second kappa shape index (κ2) is 11.5. The van der Waals surface area contributed by atoms with Crippen LogP contribution in [0.1, 0.15) is 94.3 Å². The molecule has 0 bridgehead atoms. The van der Waals surface area contributed by atoms with Crippen molar-refractivity contribution in [3.63, 3.8) is 0 Å². The largest absolute Gasteiger partial charge is 0.440 e. The van der Waals surface area contributed by atoms with Crippen LogP contribution in [0.15, 0.2) is 30.3 Å². The van der Waals surface area contributed by atoms with Crippen molar-refractivity contribution < 1.29 is 14.3 Å². The van der Waals surface area contributed by atoms with E-state index in [1.807, 2.05) is 35.2 Å². The number of carbonyl (C=O) groups is 2. The van der Waals surface area contributed by atoms with Gasteiger partial charge in [-0.15, -0.1) is 0 Å². The zero-order valence-corrected chi connectivity index (χ0v) is 22.2. The van der Waals surface area contributed by atoms with E-state index in [4.69, 9.17) is 4.74 Å². The van der Waals surface area contributed by atoms with Crippen molar-refractivity contribution >= 4 is 12.0 Å². The van der Waals surface area contributed by atoms with Crippen LogP contribution in [0.2, 0.25) is 0 Å². The Labute approximate surface area is 217 Å². The minimum atomic E-state index is -0.304. The van der Waals surface area contributed by atoms with Gasteiger partial charge >= 0.3 is 6.09 Å². The first-order valence-corrected chi connectivity index (χ1v) is 14.7. The molecule has 4 fully saturated rings. The maximum Gasteiger partial charge on any atom is 0.410 e. The number of hydrogen-bond donors (Lipinski definition) is 0. The van der Waals surface area contributed by atoms with Crippen molar-refractivity contribution in [1.82, 2.24) is 14.7 Å². The lowest BCUT2D eigenvalue weighted by Crippen LogP contribution is -2.56. The molecule has 1 spiro atoms. The van der Waals surface area contributed by atoms with Gasteiger partial charge in [0.05, 0.1) is 6.04 Å². The molecule has 1 aromatic rings. The zero-order valence-electron chi connectivity index (χ0n) is 22.2. The maximum atomic E-state index is 13.1. The van der Waals surface area contributed by atoms with Crippen LogP contribution in [0.4, 0.5) is 4.79 Å². The Bertz CT molecular complexity index is 869. The summed E-state index contributed by atoms with van der Waals surface area (Å²) in [5.41, 5.74) is 0.483. The van der Waals surface area contributed by atoms with E-state index in [2.05, 4.69) is 16.7 Å². The Kier molecular flexibility index (Phi) is 8.19. The summed E-state index contributed by atoms with van der Waals surface area (Å²) in [6, 6.07) is 10.4. The summed E-state index contributed by atoms with van der Waals surface area (Å²) < 4.78 is 6.29. The van der Waals surface area contributed by atoms with E-state index in [1.165, 1.54) is 32.1 Å². The van der Waals surface area contributed by atoms with Crippen LogP contribution < -0.4 is 0 Å². The molecule has 1 unspecified atom stereocenters. The second-order valence-corrected chi connectivity index (χ2v) is 11.7. The molecule has 6 nitrogen and oxygen atoms in total. The highest BCUT2D eigenvalue weighted by molar-refractivity contribution is 5.94. The molecule has 1 aromatic carbocycles. The molecule has 3 aliphatic heterocycles. The van der Waals surface area contributed by atoms with Crippen LogP contribution in [0.5, 0.6) is 0 Å². The summed E-state index contributed by atoms with van der Waals surface area (Å²) >= 11 is 0. The summed E-state index contributed by atoms with van der Waals surface area (Å²) in [5.74, 6) is 0.802. The van der Waals surface area contributed by atoms with Crippen molar-refractivity contribution in [1.29, 1.82) is 0 Å². The van der Waals surface area contributed by atoms with Crippen LogP contribution in [0, 0.1) is 5.92 Å². The first kappa shape index (κ1) is 25.6. The fraction of sp³-hybridized carbons (Fsp3) is 0.733. The average molecular weight is 496 g/mol. The van der Waals surface area contributed by atoms with E-state index >= 15 is 0 Å². The van der Waals surface area contributed by atoms with Crippen molar-refractivity contribution in [2.24, 2.45) is 5.92 Å². The van der Waals surface area contributed by atoms with Crippen molar-refractivity contribution in [3.8, 4) is 0 Å². The van der Waals surface area contributed by atoms with Gasteiger partial charge in [-0.1, -0.05) is 57.2 Å². The summed E-state index contributed by atoms with van der Waals surface area (Å²) in [7, 11) is 0. The molecule has 3 heterocycles. The van der Waals surface area contributed by atoms with E-state index < -0.39 is 0 Å². The summed E-state index contributed by atoms with van der Waals surface area (Å²) in [6.45, 7) is 6.77. The molecular weight excluding hydrogens is 450 g/mol. The first-order valence-electron chi connectivity index (χ1n) is 14.7. The lowest BCUT2D eigenvalue weighted by molar-refractivity contribution is -0.0385. The average Bonchev–Trinajstić information content (AvgIpc) is 3.18. The lowest BCUT2D eigenvalue weighted by Gasteiger charge is -2.46. The van der Waals surface area contributed by atoms with Crippen LogP contribution >= 0.6 is 0 Å². The van der Waals surface area contributed by atoms with Crippen molar-refractivity contribution in [2.45, 2.75) is 102 Å². The van der Waals surface area contributed by atoms with E-state index in [0.29, 0.717) is 12.0 Å². The normalized spacial score (nSPS) is 25.9. The standard InChI is InChI=1S/C30H45N3O3/c1-2-3-14-27-30(36-29(35)33(27)23-24-10-6-4-7-11-24)17-21-31(22-18-30)26-15-19-32(20-16-26)28(34)25-12-8-5-9-13-25/h5,8-9,12-13,24,26-27H,2-4,6-7,10-11,14-23H2,1H3. The predicted octanol–water partition coefficient (Wildman–Crippen LogP) is 5.72. The molecule has 0 N–H and O–H groups in total. The van der Waals surface area contributed by atoms with Gasteiger partial charge in [-0.3, -0.25) is 9.69 Å². The number of nitrogens with zero attached hydrogens (tertiary/aromatic N) is 3. The van der Waals surface area contributed by atoms with Gasteiger partial charge in [0.25, 0.3) is 5.91 Å². The Hall–Kier alpha value is -2.08. The second-order valence-electron chi connectivity index (χ2n) is 11.7. The highest BCUT2D eigenvalue weighted by Crippen LogP contribution is 2.42.